The number of para-hydroxylation sites is 1. The molecule has 1 unspecified atom stereocenters. The summed E-state index contributed by atoms with van der Waals surface area (Å²) in [6, 6.07) is 6.86. The van der Waals surface area contributed by atoms with E-state index in [1.54, 1.807) is 31.2 Å². The Labute approximate surface area is 115 Å². The van der Waals surface area contributed by atoms with Crippen molar-refractivity contribution in [2.24, 2.45) is 0 Å². The van der Waals surface area contributed by atoms with Gasteiger partial charge in [-0.05, 0) is 25.0 Å². The predicted molar refractivity (Wildman–Crippen MR) is 76.7 cm³/mol. The minimum atomic E-state index is -3.48. The van der Waals surface area contributed by atoms with Crippen LogP contribution in [0, 0.1) is 0 Å². The molecule has 0 heterocycles. The summed E-state index contributed by atoms with van der Waals surface area (Å²) < 4.78 is 26.6. The number of nitrogens with one attached hydrogen (secondary N) is 2. The predicted octanol–water partition coefficient (Wildman–Crippen LogP) is 1.56. The third-order valence-corrected chi connectivity index (χ3v) is 4.44. The van der Waals surface area contributed by atoms with Crippen molar-refractivity contribution in [3.63, 3.8) is 0 Å². The van der Waals surface area contributed by atoms with Crippen molar-refractivity contribution in [1.29, 1.82) is 0 Å². The second-order valence-electron chi connectivity index (χ2n) is 4.26. The fourth-order valence-corrected chi connectivity index (χ4v) is 3.05. The first kappa shape index (κ1) is 15.9. The number of aliphatic hydroxyl groups is 1. The molecular formula is C13H22N2O3S. The van der Waals surface area contributed by atoms with Crippen LogP contribution in [0.1, 0.15) is 26.7 Å². The van der Waals surface area contributed by atoms with Gasteiger partial charge < -0.3 is 10.4 Å². The number of anilines is 1. The molecule has 0 amide bonds. The fourth-order valence-electron chi connectivity index (χ4n) is 1.84. The van der Waals surface area contributed by atoms with Crippen molar-refractivity contribution in [3.8, 4) is 0 Å². The lowest BCUT2D eigenvalue weighted by atomic mass is 10.1. The van der Waals surface area contributed by atoms with Gasteiger partial charge in [0.05, 0.1) is 5.69 Å². The summed E-state index contributed by atoms with van der Waals surface area (Å²) in [6.07, 6.45) is 1.40. The van der Waals surface area contributed by atoms with Gasteiger partial charge in [-0.1, -0.05) is 26.0 Å². The molecule has 0 saturated heterocycles. The summed E-state index contributed by atoms with van der Waals surface area (Å²) >= 11 is 0. The van der Waals surface area contributed by atoms with E-state index in [0.29, 0.717) is 18.7 Å². The lowest BCUT2D eigenvalue weighted by Crippen LogP contribution is -2.26. The van der Waals surface area contributed by atoms with Crippen molar-refractivity contribution in [2.75, 3.05) is 18.5 Å². The summed E-state index contributed by atoms with van der Waals surface area (Å²) in [6.45, 7) is 4.17. The van der Waals surface area contributed by atoms with Crippen LogP contribution in [0.25, 0.3) is 0 Å². The number of benzene rings is 1. The molecule has 5 nitrogen and oxygen atoms in total. The Morgan fingerprint density at radius 2 is 1.95 bits per heavy atom. The van der Waals surface area contributed by atoms with Gasteiger partial charge in [0, 0.05) is 19.2 Å². The Bertz CT molecular complexity index is 488. The maximum absolute atomic E-state index is 12.1. The van der Waals surface area contributed by atoms with Gasteiger partial charge >= 0.3 is 0 Å². The number of rotatable bonds is 8. The summed E-state index contributed by atoms with van der Waals surface area (Å²) in [5, 5.41) is 12.2. The zero-order valence-corrected chi connectivity index (χ0v) is 12.2. The molecule has 0 spiro atoms. The molecule has 3 N–H and O–H groups in total. The van der Waals surface area contributed by atoms with Gasteiger partial charge in [-0.3, -0.25) is 0 Å². The SMILES string of the molecule is CCNS(=O)(=O)c1ccccc1NC(CC)CCO. The Balaban J connectivity index is 3.02. The van der Waals surface area contributed by atoms with E-state index in [9.17, 15) is 8.42 Å². The normalized spacial score (nSPS) is 13.2. The molecule has 0 aliphatic heterocycles. The van der Waals surface area contributed by atoms with Crippen molar-refractivity contribution >= 4 is 15.7 Å². The van der Waals surface area contributed by atoms with Crippen LogP contribution >= 0.6 is 0 Å². The number of hydrogen-bond donors (Lipinski definition) is 3. The number of aliphatic hydroxyl groups excluding tert-OH is 1. The van der Waals surface area contributed by atoms with Gasteiger partial charge in [0.2, 0.25) is 10.0 Å². The van der Waals surface area contributed by atoms with Crippen molar-refractivity contribution in [3.05, 3.63) is 24.3 Å². The minimum Gasteiger partial charge on any atom is -0.396 e. The Morgan fingerprint density at radius 3 is 2.53 bits per heavy atom. The molecule has 0 aliphatic rings. The van der Waals surface area contributed by atoms with Gasteiger partial charge in [-0.15, -0.1) is 0 Å². The number of hydrogen-bond acceptors (Lipinski definition) is 4. The highest BCUT2D eigenvalue weighted by atomic mass is 32.2. The average Bonchev–Trinajstić information content (AvgIpc) is 2.38. The van der Waals surface area contributed by atoms with Gasteiger partial charge in [0.25, 0.3) is 0 Å². The molecule has 0 fully saturated rings. The van der Waals surface area contributed by atoms with Gasteiger partial charge in [-0.25, -0.2) is 13.1 Å². The van der Waals surface area contributed by atoms with Gasteiger partial charge in [0.15, 0.2) is 0 Å². The maximum Gasteiger partial charge on any atom is 0.242 e. The third-order valence-electron chi connectivity index (χ3n) is 2.84. The van der Waals surface area contributed by atoms with Crippen molar-refractivity contribution < 1.29 is 13.5 Å². The van der Waals surface area contributed by atoms with Crippen LogP contribution in [0.5, 0.6) is 0 Å². The second-order valence-corrected chi connectivity index (χ2v) is 5.99. The smallest absolute Gasteiger partial charge is 0.242 e. The van der Waals surface area contributed by atoms with Crippen LogP contribution in [0.2, 0.25) is 0 Å². The molecular weight excluding hydrogens is 264 g/mol. The molecule has 0 bridgehead atoms. The maximum atomic E-state index is 12.1. The molecule has 1 aromatic carbocycles. The lowest BCUT2D eigenvalue weighted by molar-refractivity contribution is 0.278. The summed E-state index contributed by atoms with van der Waals surface area (Å²) in [5.74, 6) is 0. The number of sulfonamides is 1. The zero-order chi connectivity index (χ0) is 14.3. The Hall–Kier alpha value is -1.11. The fraction of sp³-hybridized carbons (Fsp3) is 0.538. The molecule has 0 aromatic heterocycles. The first-order valence-corrected chi connectivity index (χ1v) is 7.99. The largest absolute Gasteiger partial charge is 0.396 e. The van der Waals surface area contributed by atoms with E-state index in [0.717, 1.165) is 6.42 Å². The monoisotopic (exact) mass is 286 g/mol. The van der Waals surface area contributed by atoms with E-state index < -0.39 is 10.0 Å². The van der Waals surface area contributed by atoms with E-state index >= 15 is 0 Å². The average molecular weight is 286 g/mol. The van der Waals surface area contributed by atoms with Crippen LogP contribution in [0.4, 0.5) is 5.69 Å². The van der Waals surface area contributed by atoms with Crippen LogP contribution < -0.4 is 10.0 Å². The first-order chi connectivity index (χ1) is 9.05. The summed E-state index contributed by atoms with van der Waals surface area (Å²) in [5.41, 5.74) is 0.573. The van der Waals surface area contributed by atoms with Crippen LogP contribution in [0.3, 0.4) is 0 Å². The molecule has 19 heavy (non-hydrogen) atoms. The highest BCUT2D eigenvalue weighted by Gasteiger charge is 2.18. The molecule has 0 saturated carbocycles. The summed E-state index contributed by atoms with van der Waals surface area (Å²) in [4.78, 5) is 0.244. The highest BCUT2D eigenvalue weighted by Crippen LogP contribution is 2.22. The van der Waals surface area contributed by atoms with Gasteiger partial charge in [-0.2, -0.15) is 0 Å². The molecule has 6 heteroatoms. The lowest BCUT2D eigenvalue weighted by Gasteiger charge is -2.19. The zero-order valence-electron chi connectivity index (χ0n) is 11.4. The quantitative estimate of drug-likeness (QED) is 0.677. The second kappa shape index (κ2) is 7.47. The standard InChI is InChI=1S/C13H22N2O3S/c1-3-11(9-10-16)15-12-7-5-6-8-13(12)19(17,18)14-4-2/h5-8,11,14-16H,3-4,9-10H2,1-2H3. The van der Waals surface area contributed by atoms with E-state index in [2.05, 4.69) is 10.0 Å². The molecule has 1 aromatic rings. The molecule has 0 aliphatic carbocycles. The van der Waals surface area contributed by atoms with Crippen LogP contribution in [0.15, 0.2) is 29.2 Å². The van der Waals surface area contributed by atoms with E-state index in [1.807, 2.05) is 6.92 Å². The minimum absolute atomic E-state index is 0.0583. The molecule has 0 radical (unpaired) electrons. The molecule has 1 rings (SSSR count). The van der Waals surface area contributed by atoms with Crippen molar-refractivity contribution in [1.82, 2.24) is 4.72 Å². The van der Waals surface area contributed by atoms with Crippen molar-refractivity contribution in [2.45, 2.75) is 37.6 Å². The van der Waals surface area contributed by atoms with Crippen LogP contribution in [-0.4, -0.2) is 32.7 Å². The Kier molecular flexibility index (Phi) is 6.27. The first-order valence-electron chi connectivity index (χ1n) is 6.51. The third kappa shape index (κ3) is 4.49. The van der Waals surface area contributed by atoms with Crippen LogP contribution in [-0.2, 0) is 10.0 Å². The van der Waals surface area contributed by atoms with E-state index in [1.165, 1.54) is 0 Å². The highest BCUT2D eigenvalue weighted by molar-refractivity contribution is 7.89. The molecule has 1 atom stereocenters. The topological polar surface area (TPSA) is 78.4 Å². The van der Waals surface area contributed by atoms with E-state index in [-0.39, 0.29) is 17.5 Å². The summed E-state index contributed by atoms with van der Waals surface area (Å²) in [7, 11) is -3.48. The van der Waals surface area contributed by atoms with Gasteiger partial charge in [0.1, 0.15) is 4.90 Å². The van der Waals surface area contributed by atoms with E-state index in [4.69, 9.17) is 5.11 Å². The molecule has 108 valence electrons. The Morgan fingerprint density at radius 1 is 1.26 bits per heavy atom.